The number of nitrogens with one attached hydrogen (secondary N) is 1. The predicted octanol–water partition coefficient (Wildman–Crippen LogP) is 2.24. The van der Waals surface area contributed by atoms with Gasteiger partial charge in [0.25, 0.3) is 0 Å². The van der Waals surface area contributed by atoms with Crippen LogP contribution in [0.2, 0.25) is 0 Å². The summed E-state index contributed by atoms with van der Waals surface area (Å²) < 4.78 is 0. The van der Waals surface area contributed by atoms with E-state index in [1.54, 1.807) is 0 Å². The van der Waals surface area contributed by atoms with Gasteiger partial charge in [0.15, 0.2) is 0 Å². The number of hydrogen-bond acceptors (Lipinski definition) is 3. The molecule has 0 aliphatic heterocycles. The molecule has 0 spiro atoms. The van der Waals surface area contributed by atoms with Crippen molar-refractivity contribution in [3.63, 3.8) is 0 Å². The molecule has 0 radical (unpaired) electrons. The van der Waals surface area contributed by atoms with Crippen LogP contribution in [0.1, 0.15) is 40.5 Å². The summed E-state index contributed by atoms with van der Waals surface area (Å²) in [6, 6.07) is 0. The van der Waals surface area contributed by atoms with Crippen molar-refractivity contribution < 1.29 is 14.6 Å². The van der Waals surface area contributed by atoms with Gasteiger partial charge in [0, 0.05) is 5.54 Å². The van der Waals surface area contributed by atoms with Gasteiger partial charge in [0.2, 0.25) is 0 Å². The van der Waals surface area contributed by atoms with E-state index in [1.165, 1.54) is 12.8 Å². The molecule has 0 aromatic carbocycles. The molecule has 14 heavy (non-hydrogen) atoms. The lowest BCUT2D eigenvalue weighted by Crippen LogP contribution is -2.41. The third-order valence-corrected chi connectivity index (χ3v) is 2.04. The molecule has 1 rings (SSSR count). The number of hydrogen-bond donors (Lipinski definition) is 1. The SMILES string of the molecule is CC(OOC(=O)NC(C)(C)C)C1CC1. The van der Waals surface area contributed by atoms with Crippen molar-refractivity contribution in [3.05, 3.63) is 0 Å². The molecular weight excluding hydrogens is 182 g/mol. The van der Waals surface area contributed by atoms with Crippen LogP contribution in [0.15, 0.2) is 0 Å². The highest BCUT2D eigenvalue weighted by Crippen LogP contribution is 2.33. The standard InChI is InChI=1S/C10H19NO3/c1-7(8-5-6-8)13-14-9(12)11-10(2,3)4/h7-8H,5-6H2,1-4H3,(H,11,12). The molecule has 1 fully saturated rings. The normalized spacial score (nSPS) is 18.9. The minimum absolute atomic E-state index is 0.0146. The van der Waals surface area contributed by atoms with Crippen LogP contribution in [-0.2, 0) is 9.78 Å². The van der Waals surface area contributed by atoms with Crippen molar-refractivity contribution in [2.24, 2.45) is 5.92 Å². The van der Waals surface area contributed by atoms with Gasteiger partial charge in [-0.2, -0.15) is 4.89 Å². The molecule has 0 aromatic heterocycles. The Labute approximate surface area is 84.9 Å². The van der Waals surface area contributed by atoms with Gasteiger partial charge in [-0.05, 0) is 46.5 Å². The molecule has 1 N–H and O–H groups in total. The highest BCUT2D eigenvalue weighted by atomic mass is 17.2. The quantitative estimate of drug-likeness (QED) is 0.562. The number of carbonyl (C=O) groups excluding carboxylic acids is 1. The summed E-state index contributed by atoms with van der Waals surface area (Å²) in [5, 5.41) is 2.65. The lowest BCUT2D eigenvalue weighted by molar-refractivity contribution is -0.273. The van der Waals surface area contributed by atoms with E-state index in [0.29, 0.717) is 5.92 Å². The lowest BCUT2D eigenvalue weighted by Gasteiger charge is -2.19. The average molecular weight is 201 g/mol. The van der Waals surface area contributed by atoms with Crippen LogP contribution in [-0.4, -0.2) is 17.7 Å². The van der Waals surface area contributed by atoms with E-state index in [-0.39, 0.29) is 11.6 Å². The first-order valence-electron chi connectivity index (χ1n) is 5.04. The molecule has 0 heterocycles. The number of rotatable bonds is 3. The Morgan fingerprint density at radius 3 is 2.43 bits per heavy atom. The van der Waals surface area contributed by atoms with Gasteiger partial charge < -0.3 is 5.32 Å². The fourth-order valence-electron chi connectivity index (χ4n) is 1.09. The van der Waals surface area contributed by atoms with Crippen LogP contribution in [0.4, 0.5) is 4.79 Å². The molecule has 1 saturated carbocycles. The van der Waals surface area contributed by atoms with Gasteiger partial charge >= 0.3 is 6.09 Å². The molecule has 1 aliphatic rings. The van der Waals surface area contributed by atoms with Crippen LogP contribution in [0, 0.1) is 5.92 Å². The van der Waals surface area contributed by atoms with Crippen molar-refractivity contribution in [2.45, 2.75) is 52.2 Å². The second kappa shape index (κ2) is 4.17. The molecule has 1 aliphatic carbocycles. The Hall–Kier alpha value is -0.770. The maximum absolute atomic E-state index is 11.1. The van der Waals surface area contributed by atoms with Crippen molar-refractivity contribution in [2.75, 3.05) is 0 Å². The maximum atomic E-state index is 11.1. The number of amides is 1. The Morgan fingerprint density at radius 1 is 1.43 bits per heavy atom. The predicted molar refractivity (Wildman–Crippen MR) is 52.6 cm³/mol. The molecule has 0 aromatic rings. The Balaban J connectivity index is 2.14. The highest BCUT2D eigenvalue weighted by Gasteiger charge is 2.30. The molecule has 4 nitrogen and oxygen atoms in total. The molecule has 1 unspecified atom stereocenters. The summed E-state index contributed by atoms with van der Waals surface area (Å²) in [7, 11) is 0. The molecule has 0 saturated heterocycles. The van der Waals surface area contributed by atoms with Crippen LogP contribution >= 0.6 is 0 Å². The van der Waals surface area contributed by atoms with E-state index in [2.05, 4.69) is 10.2 Å². The van der Waals surface area contributed by atoms with Gasteiger partial charge in [-0.1, -0.05) is 0 Å². The first-order valence-corrected chi connectivity index (χ1v) is 5.04. The molecule has 82 valence electrons. The van der Waals surface area contributed by atoms with Gasteiger partial charge in [0.05, 0.1) is 0 Å². The summed E-state index contributed by atoms with van der Waals surface area (Å²) >= 11 is 0. The Morgan fingerprint density at radius 2 is 2.00 bits per heavy atom. The van der Waals surface area contributed by atoms with Crippen molar-refractivity contribution in [1.29, 1.82) is 0 Å². The van der Waals surface area contributed by atoms with Gasteiger partial charge in [0.1, 0.15) is 6.10 Å². The highest BCUT2D eigenvalue weighted by molar-refractivity contribution is 5.67. The summed E-state index contributed by atoms with van der Waals surface area (Å²) in [4.78, 5) is 20.7. The lowest BCUT2D eigenvalue weighted by atomic mass is 10.1. The minimum Gasteiger partial charge on any atom is -0.315 e. The average Bonchev–Trinajstić information content (AvgIpc) is 2.78. The van der Waals surface area contributed by atoms with Crippen LogP contribution in [0.3, 0.4) is 0 Å². The monoisotopic (exact) mass is 201 g/mol. The van der Waals surface area contributed by atoms with Gasteiger partial charge in [-0.25, -0.2) is 4.79 Å². The second-order valence-electron chi connectivity index (χ2n) is 4.88. The molecular formula is C10H19NO3. The van der Waals surface area contributed by atoms with E-state index < -0.39 is 6.09 Å². The van der Waals surface area contributed by atoms with Gasteiger partial charge in [-0.3, -0.25) is 4.89 Å². The molecule has 1 amide bonds. The zero-order chi connectivity index (χ0) is 10.8. The summed E-state index contributed by atoms with van der Waals surface area (Å²) in [6.45, 7) is 7.58. The maximum Gasteiger partial charge on any atom is 0.439 e. The largest absolute Gasteiger partial charge is 0.439 e. The van der Waals surface area contributed by atoms with Crippen molar-refractivity contribution >= 4 is 6.09 Å². The topological polar surface area (TPSA) is 47.6 Å². The van der Waals surface area contributed by atoms with Crippen molar-refractivity contribution in [3.8, 4) is 0 Å². The van der Waals surface area contributed by atoms with E-state index in [0.717, 1.165) is 0 Å². The first kappa shape index (κ1) is 11.3. The van der Waals surface area contributed by atoms with Gasteiger partial charge in [-0.15, -0.1) is 0 Å². The summed E-state index contributed by atoms with van der Waals surface area (Å²) in [5.74, 6) is 0.567. The third kappa shape index (κ3) is 4.46. The van der Waals surface area contributed by atoms with Crippen LogP contribution in [0.25, 0.3) is 0 Å². The Kier molecular flexibility index (Phi) is 3.37. The minimum atomic E-state index is -0.523. The second-order valence-corrected chi connectivity index (χ2v) is 4.88. The Bertz CT molecular complexity index is 206. The fourth-order valence-corrected chi connectivity index (χ4v) is 1.09. The smallest absolute Gasteiger partial charge is 0.315 e. The third-order valence-electron chi connectivity index (χ3n) is 2.04. The van der Waals surface area contributed by atoms with E-state index in [9.17, 15) is 4.79 Å². The fraction of sp³-hybridized carbons (Fsp3) is 0.900. The van der Waals surface area contributed by atoms with E-state index >= 15 is 0 Å². The summed E-state index contributed by atoms with van der Waals surface area (Å²) in [5.41, 5.74) is -0.288. The van der Waals surface area contributed by atoms with Crippen LogP contribution < -0.4 is 5.32 Å². The zero-order valence-electron chi connectivity index (χ0n) is 9.29. The molecule has 1 atom stereocenters. The number of carbonyl (C=O) groups is 1. The first-order chi connectivity index (χ1) is 6.38. The zero-order valence-corrected chi connectivity index (χ0v) is 9.29. The van der Waals surface area contributed by atoms with E-state index in [4.69, 9.17) is 4.89 Å². The van der Waals surface area contributed by atoms with Crippen molar-refractivity contribution in [1.82, 2.24) is 5.32 Å². The molecule has 0 bridgehead atoms. The summed E-state index contributed by atoms with van der Waals surface area (Å²) in [6.07, 6.45) is 1.84. The van der Waals surface area contributed by atoms with Crippen LogP contribution in [0.5, 0.6) is 0 Å². The van der Waals surface area contributed by atoms with E-state index in [1.807, 2.05) is 27.7 Å². The molecule has 4 heteroatoms.